The van der Waals surface area contributed by atoms with E-state index >= 15 is 0 Å². The van der Waals surface area contributed by atoms with Crippen molar-refractivity contribution in [2.45, 2.75) is 6.42 Å². The molecule has 0 aromatic heterocycles. The van der Waals surface area contributed by atoms with Gasteiger partial charge in [0.25, 0.3) is 0 Å². The van der Waals surface area contributed by atoms with E-state index in [0.29, 0.717) is 0 Å². The van der Waals surface area contributed by atoms with Gasteiger partial charge in [0.05, 0.1) is 13.2 Å². The summed E-state index contributed by atoms with van der Waals surface area (Å²) in [5, 5.41) is 16.0. The molecule has 46 valence electrons. The van der Waals surface area contributed by atoms with Crippen molar-refractivity contribution in [3.8, 4) is 12.3 Å². The zero-order valence-electron chi connectivity index (χ0n) is 4.96. The van der Waals surface area contributed by atoms with Crippen LogP contribution in [0.5, 0.6) is 0 Å². The highest BCUT2D eigenvalue weighted by molar-refractivity contribution is 5.78. The van der Waals surface area contributed by atoms with Gasteiger partial charge in [0.2, 0.25) is 12.1 Å². The quantitative estimate of drug-likeness (QED) is 0.288. The molecule has 0 unspecified atom stereocenters. The lowest BCUT2D eigenvalue weighted by molar-refractivity contribution is 0.396. The summed E-state index contributed by atoms with van der Waals surface area (Å²) in [6.45, 7) is 0. The van der Waals surface area contributed by atoms with Crippen LogP contribution in [0, 0.1) is 22.8 Å². The van der Waals surface area contributed by atoms with Crippen LogP contribution in [0.1, 0.15) is 6.42 Å². The Kier molecular flexibility index (Phi) is 3.81. The first-order valence-electron chi connectivity index (χ1n) is 2.21. The Balaban J connectivity index is 3.89. The fourth-order valence-electron chi connectivity index (χ4n) is 0.281. The summed E-state index contributed by atoms with van der Waals surface area (Å²) >= 11 is 0. The van der Waals surface area contributed by atoms with Gasteiger partial charge in [0.15, 0.2) is 0 Å². The van der Waals surface area contributed by atoms with Gasteiger partial charge in [-0.15, -0.1) is 4.99 Å². The highest BCUT2D eigenvalue weighted by Gasteiger charge is 1.93. The summed E-state index contributed by atoms with van der Waals surface area (Å²) < 4.78 is 4.54. The van der Waals surface area contributed by atoms with Crippen LogP contribution in [0.2, 0.25) is 0 Å². The first kappa shape index (κ1) is 7.45. The largest absolute Gasteiger partial charge is 0.483 e. The minimum atomic E-state index is 0.0457. The van der Waals surface area contributed by atoms with E-state index < -0.39 is 0 Å². The summed E-state index contributed by atoms with van der Waals surface area (Å²) in [4.78, 5) is 3.21. The van der Waals surface area contributed by atoms with Crippen molar-refractivity contribution in [2.24, 2.45) is 4.99 Å². The second-order valence-corrected chi connectivity index (χ2v) is 1.14. The van der Waals surface area contributed by atoms with Crippen LogP contribution >= 0.6 is 0 Å². The summed E-state index contributed by atoms with van der Waals surface area (Å²) in [7, 11) is 1.37. The number of nitriles is 2. The fourth-order valence-corrected chi connectivity index (χ4v) is 0.281. The lowest BCUT2D eigenvalue weighted by Crippen LogP contribution is -1.97. The molecule has 0 fully saturated rings. The maximum atomic E-state index is 8.07. The molecular weight excluding hydrogens is 118 g/mol. The molecule has 0 saturated heterocycles. The second-order valence-electron chi connectivity index (χ2n) is 1.14. The molecule has 0 N–H and O–H groups in total. The molecule has 0 saturated carbocycles. The average molecular weight is 123 g/mol. The Bertz CT molecular complexity index is 183. The number of nitrogens with zero attached hydrogens (tertiary/aromatic N) is 3. The lowest BCUT2D eigenvalue weighted by atomic mass is 10.5. The summed E-state index contributed by atoms with van der Waals surface area (Å²) in [6, 6.07) is 1.80. The van der Waals surface area contributed by atoms with Crippen molar-refractivity contribution in [2.75, 3.05) is 7.11 Å². The number of hydrogen-bond donors (Lipinski definition) is 0. The minimum absolute atomic E-state index is 0.0457. The minimum Gasteiger partial charge on any atom is -0.483 e. The molecule has 0 aliphatic carbocycles. The van der Waals surface area contributed by atoms with E-state index in [1.54, 1.807) is 6.07 Å². The van der Waals surface area contributed by atoms with Crippen molar-refractivity contribution < 1.29 is 4.74 Å². The van der Waals surface area contributed by atoms with Gasteiger partial charge >= 0.3 is 0 Å². The van der Waals surface area contributed by atoms with Crippen molar-refractivity contribution in [3.63, 3.8) is 0 Å². The van der Waals surface area contributed by atoms with E-state index in [1.807, 2.05) is 0 Å². The Morgan fingerprint density at radius 2 is 2.33 bits per heavy atom. The zero-order valence-corrected chi connectivity index (χ0v) is 4.96. The highest BCUT2D eigenvalue weighted by atomic mass is 16.5. The van der Waals surface area contributed by atoms with Crippen molar-refractivity contribution >= 4 is 5.90 Å². The number of ether oxygens (including phenoxy) is 1. The van der Waals surface area contributed by atoms with Crippen molar-refractivity contribution in [1.29, 1.82) is 10.5 Å². The Labute approximate surface area is 53.0 Å². The van der Waals surface area contributed by atoms with Gasteiger partial charge in [-0.1, -0.05) is 0 Å². The first-order chi connectivity index (χ1) is 4.35. The van der Waals surface area contributed by atoms with E-state index in [0.717, 1.165) is 0 Å². The predicted molar refractivity (Wildman–Crippen MR) is 30.3 cm³/mol. The van der Waals surface area contributed by atoms with Gasteiger partial charge in [-0.05, 0) is 0 Å². The van der Waals surface area contributed by atoms with Gasteiger partial charge in [0.1, 0.15) is 6.42 Å². The van der Waals surface area contributed by atoms with Crippen molar-refractivity contribution in [3.05, 3.63) is 0 Å². The van der Waals surface area contributed by atoms with E-state index in [-0.39, 0.29) is 12.3 Å². The number of rotatable bonds is 1. The van der Waals surface area contributed by atoms with Crippen LogP contribution in [-0.4, -0.2) is 13.0 Å². The van der Waals surface area contributed by atoms with Crippen molar-refractivity contribution in [1.82, 2.24) is 0 Å². The number of hydrogen-bond acceptors (Lipinski definition) is 4. The molecule has 0 atom stereocenters. The maximum Gasteiger partial charge on any atom is 0.213 e. The number of aliphatic imine (C=N–C) groups is 1. The standard InChI is InChI=1S/C5H5N3O/c1-9-5(2-3-6)8-4-7/h2H2,1H3. The van der Waals surface area contributed by atoms with Gasteiger partial charge in [-0.2, -0.15) is 10.5 Å². The van der Waals surface area contributed by atoms with Gasteiger partial charge in [-0.3, -0.25) is 0 Å². The van der Waals surface area contributed by atoms with Crippen LogP contribution in [0.15, 0.2) is 4.99 Å². The highest BCUT2D eigenvalue weighted by Crippen LogP contribution is 1.84. The third-order valence-electron chi connectivity index (χ3n) is 0.641. The normalized spacial score (nSPS) is 9.44. The Morgan fingerprint density at radius 1 is 1.67 bits per heavy atom. The average Bonchev–Trinajstić information content (AvgIpc) is 1.88. The monoisotopic (exact) mass is 123 g/mol. The van der Waals surface area contributed by atoms with E-state index in [9.17, 15) is 0 Å². The molecule has 0 radical (unpaired) electrons. The molecule has 0 aromatic rings. The van der Waals surface area contributed by atoms with Crippen LogP contribution in [-0.2, 0) is 4.74 Å². The molecule has 0 rings (SSSR count). The Morgan fingerprint density at radius 3 is 2.67 bits per heavy atom. The summed E-state index contributed by atoms with van der Waals surface area (Å²) in [5.41, 5.74) is 0. The molecule has 9 heavy (non-hydrogen) atoms. The molecule has 0 aromatic carbocycles. The lowest BCUT2D eigenvalue weighted by Gasteiger charge is -1.92. The van der Waals surface area contributed by atoms with Crippen LogP contribution in [0.3, 0.4) is 0 Å². The predicted octanol–water partition coefficient (Wildman–Crippen LogP) is 0.426. The molecule has 0 heterocycles. The van der Waals surface area contributed by atoms with Gasteiger partial charge in [-0.25, -0.2) is 0 Å². The van der Waals surface area contributed by atoms with E-state index in [1.165, 1.54) is 13.3 Å². The third kappa shape index (κ3) is 3.07. The smallest absolute Gasteiger partial charge is 0.213 e. The molecule has 0 aliphatic heterocycles. The molecule has 4 heteroatoms. The summed E-state index contributed by atoms with van der Waals surface area (Å²) in [5.74, 6) is 0.153. The zero-order chi connectivity index (χ0) is 7.11. The molecule has 0 bridgehead atoms. The number of methoxy groups -OCH3 is 1. The van der Waals surface area contributed by atoms with Crippen LogP contribution in [0.4, 0.5) is 0 Å². The fraction of sp³-hybridized carbons (Fsp3) is 0.400. The molecule has 4 nitrogen and oxygen atoms in total. The SMILES string of the molecule is COC(CC#N)=NC#N. The van der Waals surface area contributed by atoms with Crippen LogP contribution < -0.4 is 0 Å². The first-order valence-corrected chi connectivity index (χ1v) is 2.21. The molecular formula is C5H5N3O. The Hall–Kier alpha value is -1.55. The second kappa shape index (κ2) is 4.61. The molecule has 0 aliphatic rings. The maximum absolute atomic E-state index is 8.07. The van der Waals surface area contributed by atoms with Gasteiger partial charge in [0, 0.05) is 0 Å². The topological polar surface area (TPSA) is 69.2 Å². The summed E-state index contributed by atoms with van der Waals surface area (Å²) in [6.07, 6.45) is 1.56. The molecule has 0 amide bonds. The van der Waals surface area contributed by atoms with E-state index in [4.69, 9.17) is 10.5 Å². The van der Waals surface area contributed by atoms with Crippen LogP contribution in [0.25, 0.3) is 0 Å². The molecule has 0 spiro atoms. The van der Waals surface area contributed by atoms with Gasteiger partial charge < -0.3 is 4.74 Å². The third-order valence-corrected chi connectivity index (χ3v) is 0.641. The van der Waals surface area contributed by atoms with E-state index in [2.05, 4.69) is 9.73 Å².